The van der Waals surface area contributed by atoms with Crippen molar-refractivity contribution in [2.24, 2.45) is 5.73 Å². The van der Waals surface area contributed by atoms with Crippen molar-refractivity contribution in [3.63, 3.8) is 0 Å². The van der Waals surface area contributed by atoms with Gasteiger partial charge in [-0.2, -0.15) is 0 Å². The fraction of sp³-hybridized carbons (Fsp3) is 0.400. The van der Waals surface area contributed by atoms with E-state index in [9.17, 15) is 0 Å². The minimum atomic E-state index is 0.528. The Balaban J connectivity index is 1.96. The first-order valence-corrected chi connectivity index (χ1v) is 5.78. The molecule has 0 spiro atoms. The number of nitrogens with two attached hydrogens (primary N) is 1. The van der Waals surface area contributed by atoms with Crippen LogP contribution in [0.15, 0.2) is 17.8 Å². The zero-order valence-corrected chi connectivity index (χ0v) is 9.50. The summed E-state index contributed by atoms with van der Waals surface area (Å²) in [7, 11) is 0. The van der Waals surface area contributed by atoms with Crippen LogP contribution in [0.4, 0.5) is 0 Å². The monoisotopic (exact) mass is 222 g/mol. The quantitative estimate of drug-likeness (QED) is 0.849. The molecule has 80 valence electrons. The second-order valence-electron chi connectivity index (χ2n) is 3.35. The lowest BCUT2D eigenvalue weighted by atomic mass is 10.4. The normalized spacial score (nSPS) is 10.8. The van der Waals surface area contributed by atoms with Crippen molar-refractivity contribution in [1.82, 2.24) is 14.5 Å². The van der Waals surface area contributed by atoms with Gasteiger partial charge in [0, 0.05) is 37.3 Å². The smallest absolute Gasteiger partial charge is 0.105 e. The second kappa shape index (κ2) is 4.55. The summed E-state index contributed by atoms with van der Waals surface area (Å²) in [6.07, 6.45) is 4.76. The first-order chi connectivity index (χ1) is 7.29. The van der Waals surface area contributed by atoms with Gasteiger partial charge in [-0.25, -0.2) is 9.97 Å². The van der Waals surface area contributed by atoms with E-state index in [4.69, 9.17) is 5.73 Å². The van der Waals surface area contributed by atoms with Crippen LogP contribution in [0.25, 0.3) is 0 Å². The SMILES string of the molecule is Cc1nccn1CCc1nc(CN)cs1. The van der Waals surface area contributed by atoms with Gasteiger partial charge >= 0.3 is 0 Å². The number of thiazole rings is 1. The molecule has 5 heteroatoms. The number of aryl methyl sites for hydroxylation is 3. The number of hydrogen-bond acceptors (Lipinski definition) is 4. The molecule has 0 aliphatic rings. The van der Waals surface area contributed by atoms with Crippen molar-refractivity contribution in [1.29, 1.82) is 0 Å². The fourth-order valence-corrected chi connectivity index (χ4v) is 2.21. The third-order valence-corrected chi connectivity index (χ3v) is 3.26. The van der Waals surface area contributed by atoms with Crippen LogP contribution in [-0.2, 0) is 19.5 Å². The van der Waals surface area contributed by atoms with Crippen LogP contribution in [0.3, 0.4) is 0 Å². The molecule has 0 bridgehead atoms. The molecule has 15 heavy (non-hydrogen) atoms. The molecule has 0 amide bonds. The van der Waals surface area contributed by atoms with Gasteiger partial charge in [-0.1, -0.05) is 0 Å². The average Bonchev–Trinajstić information content (AvgIpc) is 2.84. The van der Waals surface area contributed by atoms with Gasteiger partial charge < -0.3 is 10.3 Å². The van der Waals surface area contributed by atoms with E-state index in [1.54, 1.807) is 11.3 Å². The van der Waals surface area contributed by atoms with Gasteiger partial charge in [-0.05, 0) is 6.92 Å². The maximum atomic E-state index is 5.51. The molecular weight excluding hydrogens is 208 g/mol. The molecule has 0 aliphatic heterocycles. The van der Waals surface area contributed by atoms with Crippen molar-refractivity contribution in [3.05, 3.63) is 34.3 Å². The van der Waals surface area contributed by atoms with Crippen LogP contribution >= 0.6 is 11.3 Å². The second-order valence-corrected chi connectivity index (χ2v) is 4.30. The molecule has 0 fully saturated rings. The van der Waals surface area contributed by atoms with Crippen molar-refractivity contribution in [3.8, 4) is 0 Å². The summed E-state index contributed by atoms with van der Waals surface area (Å²) < 4.78 is 2.13. The fourth-order valence-electron chi connectivity index (χ4n) is 1.41. The number of rotatable bonds is 4. The third kappa shape index (κ3) is 2.43. The first kappa shape index (κ1) is 10.3. The molecule has 0 aromatic carbocycles. The average molecular weight is 222 g/mol. The van der Waals surface area contributed by atoms with E-state index in [1.807, 2.05) is 24.7 Å². The van der Waals surface area contributed by atoms with E-state index in [0.717, 1.165) is 29.5 Å². The van der Waals surface area contributed by atoms with Crippen molar-refractivity contribution in [2.45, 2.75) is 26.4 Å². The van der Waals surface area contributed by atoms with Gasteiger partial charge in [-0.3, -0.25) is 0 Å². The van der Waals surface area contributed by atoms with Crippen molar-refractivity contribution >= 4 is 11.3 Å². The molecular formula is C10H14N4S. The van der Waals surface area contributed by atoms with Crippen LogP contribution in [0.1, 0.15) is 16.5 Å². The molecule has 2 rings (SSSR count). The molecule has 2 aromatic rings. The zero-order chi connectivity index (χ0) is 10.7. The summed E-state index contributed by atoms with van der Waals surface area (Å²) in [6, 6.07) is 0. The van der Waals surface area contributed by atoms with E-state index in [2.05, 4.69) is 14.5 Å². The highest BCUT2D eigenvalue weighted by atomic mass is 32.1. The van der Waals surface area contributed by atoms with Crippen LogP contribution in [0.5, 0.6) is 0 Å². The van der Waals surface area contributed by atoms with E-state index >= 15 is 0 Å². The van der Waals surface area contributed by atoms with Gasteiger partial charge in [-0.15, -0.1) is 11.3 Å². The Bertz CT molecular complexity index is 432. The molecule has 2 aromatic heterocycles. The highest BCUT2D eigenvalue weighted by molar-refractivity contribution is 7.09. The summed E-state index contributed by atoms with van der Waals surface area (Å²) in [5.74, 6) is 1.05. The molecule has 0 saturated heterocycles. The van der Waals surface area contributed by atoms with Crippen molar-refractivity contribution in [2.75, 3.05) is 0 Å². The lowest BCUT2D eigenvalue weighted by Crippen LogP contribution is -2.02. The number of hydrogen-bond donors (Lipinski definition) is 1. The number of nitrogens with zero attached hydrogens (tertiary/aromatic N) is 3. The summed E-state index contributed by atoms with van der Waals surface area (Å²) in [4.78, 5) is 8.59. The predicted octanol–water partition coefficient (Wildman–Crippen LogP) is 1.35. The molecule has 0 radical (unpaired) electrons. The Hall–Kier alpha value is -1.20. The summed E-state index contributed by atoms with van der Waals surface area (Å²) in [5.41, 5.74) is 6.49. The van der Waals surface area contributed by atoms with E-state index in [0.29, 0.717) is 6.54 Å². The summed E-state index contributed by atoms with van der Waals surface area (Å²) in [5, 5.41) is 3.17. The Labute approximate surface area is 92.8 Å². The topological polar surface area (TPSA) is 56.7 Å². The van der Waals surface area contributed by atoms with Gasteiger partial charge in [0.05, 0.1) is 10.7 Å². The Morgan fingerprint density at radius 2 is 2.40 bits per heavy atom. The van der Waals surface area contributed by atoms with E-state index in [-0.39, 0.29) is 0 Å². The largest absolute Gasteiger partial charge is 0.335 e. The highest BCUT2D eigenvalue weighted by Crippen LogP contribution is 2.11. The van der Waals surface area contributed by atoms with Crippen LogP contribution in [-0.4, -0.2) is 14.5 Å². The Morgan fingerprint density at radius 1 is 1.53 bits per heavy atom. The molecule has 2 heterocycles. The maximum Gasteiger partial charge on any atom is 0.105 e. The van der Waals surface area contributed by atoms with Crippen LogP contribution < -0.4 is 5.73 Å². The predicted molar refractivity (Wildman–Crippen MR) is 60.7 cm³/mol. The lowest BCUT2D eigenvalue weighted by molar-refractivity contribution is 0.669. The molecule has 4 nitrogen and oxygen atoms in total. The Kier molecular flexibility index (Phi) is 3.13. The highest BCUT2D eigenvalue weighted by Gasteiger charge is 2.02. The van der Waals surface area contributed by atoms with E-state index in [1.165, 1.54) is 0 Å². The maximum absolute atomic E-state index is 5.51. The van der Waals surface area contributed by atoms with Crippen LogP contribution in [0.2, 0.25) is 0 Å². The standard InChI is InChI=1S/C10H14N4S/c1-8-12-3-5-14(8)4-2-10-13-9(6-11)7-15-10/h3,5,7H,2,4,6,11H2,1H3. The van der Waals surface area contributed by atoms with Gasteiger partial charge in [0.15, 0.2) is 0 Å². The third-order valence-electron chi connectivity index (χ3n) is 2.30. The van der Waals surface area contributed by atoms with Gasteiger partial charge in [0.2, 0.25) is 0 Å². The van der Waals surface area contributed by atoms with Gasteiger partial charge in [0.25, 0.3) is 0 Å². The van der Waals surface area contributed by atoms with Crippen LogP contribution in [0, 0.1) is 6.92 Å². The number of aromatic nitrogens is 3. The molecule has 0 aliphatic carbocycles. The lowest BCUT2D eigenvalue weighted by Gasteiger charge is -2.01. The van der Waals surface area contributed by atoms with E-state index < -0.39 is 0 Å². The molecule has 0 saturated carbocycles. The molecule has 0 atom stereocenters. The Morgan fingerprint density at radius 3 is 3.00 bits per heavy atom. The summed E-state index contributed by atoms with van der Waals surface area (Å²) in [6.45, 7) is 3.47. The molecule has 2 N–H and O–H groups in total. The van der Waals surface area contributed by atoms with Crippen molar-refractivity contribution < 1.29 is 0 Å². The zero-order valence-electron chi connectivity index (χ0n) is 8.68. The summed E-state index contributed by atoms with van der Waals surface area (Å²) >= 11 is 1.68. The number of imidazole rings is 1. The molecule has 0 unspecified atom stereocenters. The minimum absolute atomic E-state index is 0.528. The van der Waals surface area contributed by atoms with Gasteiger partial charge in [0.1, 0.15) is 5.82 Å². The minimum Gasteiger partial charge on any atom is -0.335 e. The first-order valence-electron chi connectivity index (χ1n) is 4.90.